The molecule has 3 aromatic rings. The number of nitro groups is 1. The first-order chi connectivity index (χ1) is 14.4. The van der Waals surface area contributed by atoms with E-state index in [9.17, 15) is 29.6 Å². The predicted octanol–water partition coefficient (Wildman–Crippen LogP) is 3.35. The van der Waals surface area contributed by atoms with Crippen molar-refractivity contribution >= 4 is 34.8 Å². The molecule has 0 radical (unpaired) electrons. The number of nitrogens with one attached hydrogen (secondary N) is 1. The number of non-ortho nitro benzene ring substituents is 1. The second-order valence-electron chi connectivity index (χ2n) is 6.45. The quantitative estimate of drug-likeness (QED) is 0.297. The van der Waals surface area contributed by atoms with Gasteiger partial charge in [0.25, 0.3) is 23.4 Å². The number of rotatable bonds is 4. The Hall–Kier alpha value is -4.53. The Morgan fingerprint density at radius 2 is 1.67 bits per heavy atom. The van der Waals surface area contributed by atoms with Gasteiger partial charge in [-0.1, -0.05) is 18.2 Å². The topological polar surface area (TPSA) is 130 Å². The number of fused-ring (bicyclic) bond motifs is 1. The van der Waals surface area contributed by atoms with Crippen LogP contribution in [0.5, 0.6) is 5.75 Å². The largest absolute Gasteiger partial charge is 0.506 e. The van der Waals surface area contributed by atoms with E-state index in [1.54, 1.807) is 12.1 Å². The smallest absolute Gasteiger partial charge is 0.270 e. The van der Waals surface area contributed by atoms with E-state index in [4.69, 9.17) is 0 Å². The molecule has 0 atom stereocenters. The number of phenols is 1. The molecule has 3 amide bonds. The minimum absolute atomic E-state index is 0.0506. The highest BCUT2D eigenvalue weighted by atomic mass is 16.6. The van der Waals surface area contributed by atoms with Crippen LogP contribution in [0.1, 0.15) is 31.1 Å². The van der Waals surface area contributed by atoms with Gasteiger partial charge in [0.15, 0.2) is 0 Å². The molecule has 0 aliphatic carbocycles. The van der Waals surface area contributed by atoms with Gasteiger partial charge >= 0.3 is 0 Å². The van der Waals surface area contributed by atoms with Gasteiger partial charge in [0.1, 0.15) is 5.75 Å². The van der Waals surface area contributed by atoms with Crippen molar-refractivity contribution in [3.63, 3.8) is 0 Å². The molecular weight excluding hydrogens is 390 g/mol. The lowest BCUT2D eigenvalue weighted by Gasteiger charge is -2.15. The Kier molecular flexibility index (Phi) is 4.47. The van der Waals surface area contributed by atoms with E-state index in [-0.39, 0.29) is 39.5 Å². The van der Waals surface area contributed by atoms with Crippen molar-refractivity contribution in [1.29, 1.82) is 0 Å². The molecule has 1 heterocycles. The first-order valence-electron chi connectivity index (χ1n) is 8.73. The lowest BCUT2D eigenvalue weighted by Crippen LogP contribution is -2.29. The number of amides is 3. The van der Waals surface area contributed by atoms with Crippen molar-refractivity contribution in [1.82, 2.24) is 0 Å². The van der Waals surface area contributed by atoms with Crippen LogP contribution in [0, 0.1) is 10.1 Å². The summed E-state index contributed by atoms with van der Waals surface area (Å²) in [6.45, 7) is 0. The molecule has 2 N–H and O–H groups in total. The number of anilines is 2. The van der Waals surface area contributed by atoms with Gasteiger partial charge in [-0.15, -0.1) is 0 Å². The van der Waals surface area contributed by atoms with E-state index in [0.717, 1.165) is 17.0 Å². The van der Waals surface area contributed by atoms with Crippen LogP contribution in [-0.2, 0) is 0 Å². The molecule has 3 aromatic carbocycles. The lowest BCUT2D eigenvalue weighted by molar-refractivity contribution is -0.384. The fourth-order valence-corrected chi connectivity index (χ4v) is 3.14. The monoisotopic (exact) mass is 403 g/mol. The fraction of sp³-hybridized carbons (Fsp3) is 0. The van der Waals surface area contributed by atoms with Crippen LogP contribution >= 0.6 is 0 Å². The van der Waals surface area contributed by atoms with Crippen LogP contribution in [0.15, 0.2) is 66.7 Å². The number of carbonyl (C=O) groups is 3. The summed E-state index contributed by atoms with van der Waals surface area (Å²) in [6.07, 6.45) is 0. The van der Waals surface area contributed by atoms with E-state index in [1.165, 1.54) is 42.5 Å². The number of carbonyl (C=O) groups excluding carboxylic acids is 3. The molecule has 1 aliphatic heterocycles. The molecule has 4 rings (SSSR count). The van der Waals surface area contributed by atoms with Crippen molar-refractivity contribution in [3.8, 4) is 5.75 Å². The Morgan fingerprint density at radius 3 is 2.40 bits per heavy atom. The van der Waals surface area contributed by atoms with Gasteiger partial charge in [0.2, 0.25) is 0 Å². The number of phenolic OH excluding ortho intramolecular Hbond substituents is 1. The third-order valence-electron chi connectivity index (χ3n) is 4.60. The van der Waals surface area contributed by atoms with Gasteiger partial charge in [-0.2, -0.15) is 0 Å². The number of hydrogen-bond acceptors (Lipinski definition) is 6. The average molecular weight is 403 g/mol. The van der Waals surface area contributed by atoms with Crippen LogP contribution in [0.2, 0.25) is 0 Å². The molecule has 0 saturated carbocycles. The molecule has 0 aromatic heterocycles. The SMILES string of the molecule is O=C(Nc1ccccc1O)c1cccc(N2C(=O)c3ccc([N+](=O)[O-])cc3C2=O)c1. The van der Waals surface area contributed by atoms with E-state index >= 15 is 0 Å². The van der Waals surface area contributed by atoms with Gasteiger partial charge in [-0.05, 0) is 36.4 Å². The summed E-state index contributed by atoms with van der Waals surface area (Å²) in [5.74, 6) is -2.00. The Labute approximate surface area is 169 Å². The van der Waals surface area contributed by atoms with Gasteiger partial charge in [0, 0.05) is 17.7 Å². The maximum atomic E-state index is 12.7. The third-order valence-corrected chi connectivity index (χ3v) is 4.60. The first kappa shape index (κ1) is 18.8. The van der Waals surface area contributed by atoms with Crippen molar-refractivity contribution in [2.24, 2.45) is 0 Å². The molecule has 148 valence electrons. The molecule has 0 fully saturated rings. The van der Waals surface area contributed by atoms with Gasteiger partial charge < -0.3 is 10.4 Å². The maximum absolute atomic E-state index is 12.7. The first-order valence-corrected chi connectivity index (χ1v) is 8.73. The van der Waals surface area contributed by atoms with Crippen LogP contribution in [0.3, 0.4) is 0 Å². The van der Waals surface area contributed by atoms with Crippen LogP contribution in [0.4, 0.5) is 17.1 Å². The van der Waals surface area contributed by atoms with Crippen LogP contribution < -0.4 is 10.2 Å². The summed E-state index contributed by atoms with van der Waals surface area (Å²) >= 11 is 0. The fourth-order valence-electron chi connectivity index (χ4n) is 3.14. The highest BCUT2D eigenvalue weighted by Crippen LogP contribution is 2.31. The minimum Gasteiger partial charge on any atom is -0.506 e. The second kappa shape index (κ2) is 7.13. The van der Waals surface area contributed by atoms with Crippen molar-refractivity contribution in [2.45, 2.75) is 0 Å². The summed E-state index contributed by atoms with van der Waals surface area (Å²) < 4.78 is 0. The standard InChI is InChI=1S/C21H13N3O6/c25-18-7-2-1-6-17(18)22-19(26)12-4-3-5-13(10-12)23-20(27)15-9-8-14(24(29)30)11-16(15)21(23)28/h1-11,25H,(H,22,26). The predicted molar refractivity (Wildman–Crippen MR) is 107 cm³/mol. The number of nitro benzene ring substituents is 1. The summed E-state index contributed by atoms with van der Waals surface area (Å²) in [6, 6.07) is 15.5. The van der Waals surface area contributed by atoms with E-state index in [2.05, 4.69) is 5.32 Å². The lowest BCUT2D eigenvalue weighted by atomic mass is 10.1. The van der Waals surface area contributed by atoms with Gasteiger partial charge in [-0.3, -0.25) is 24.5 Å². The Bertz CT molecular complexity index is 1240. The highest BCUT2D eigenvalue weighted by Gasteiger charge is 2.38. The second-order valence-corrected chi connectivity index (χ2v) is 6.45. The number of aromatic hydroxyl groups is 1. The van der Waals surface area contributed by atoms with Gasteiger partial charge in [0.05, 0.1) is 27.4 Å². The Balaban J connectivity index is 1.65. The molecule has 9 heteroatoms. The third kappa shape index (κ3) is 3.14. The molecule has 0 spiro atoms. The van der Waals surface area contributed by atoms with Crippen LogP contribution in [0.25, 0.3) is 0 Å². The van der Waals surface area contributed by atoms with E-state index in [1.807, 2.05) is 0 Å². The summed E-state index contributed by atoms with van der Waals surface area (Å²) in [5, 5.41) is 23.3. The number of benzene rings is 3. The van der Waals surface area contributed by atoms with E-state index in [0.29, 0.717) is 0 Å². The van der Waals surface area contributed by atoms with Crippen molar-refractivity contribution in [3.05, 3.63) is 93.5 Å². The van der Waals surface area contributed by atoms with Crippen LogP contribution in [-0.4, -0.2) is 27.8 Å². The minimum atomic E-state index is -0.711. The average Bonchev–Trinajstić information content (AvgIpc) is 2.99. The molecule has 0 unspecified atom stereocenters. The van der Waals surface area contributed by atoms with Crippen molar-refractivity contribution < 1.29 is 24.4 Å². The van der Waals surface area contributed by atoms with E-state index < -0.39 is 22.6 Å². The molecule has 9 nitrogen and oxygen atoms in total. The molecule has 30 heavy (non-hydrogen) atoms. The molecule has 0 bridgehead atoms. The summed E-state index contributed by atoms with van der Waals surface area (Å²) in [4.78, 5) is 49.2. The maximum Gasteiger partial charge on any atom is 0.270 e. The zero-order chi connectivity index (χ0) is 21.4. The summed E-state index contributed by atoms with van der Waals surface area (Å²) in [5.41, 5.74) is 0.188. The van der Waals surface area contributed by atoms with Crippen molar-refractivity contribution in [2.75, 3.05) is 10.2 Å². The molecular formula is C21H13N3O6. The zero-order valence-electron chi connectivity index (χ0n) is 15.2. The van der Waals surface area contributed by atoms with Gasteiger partial charge in [-0.25, -0.2) is 4.90 Å². The summed E-state index contributed by atoms with van der Waals surface area (Å²) in [7, 11) is 0. The Morgan fingerprint density at radius 1 is 0.933 bits per heavy atom. The zero-order valence-corrected chi connectivity index (χ0v) is 15.2. The molecule has 1 aliphatic rings. The number of hydrogen-bond donors (Lipinski definition) is 2. The highest BCUT2D eigenvalue weighted by molar-refractivity contribution is 6.34. The number of imide groups is 1. The normalized spacial score (nSPS) is 12.6. The molecule has 0 saturated heterocycles. The number of nitrogens with zero attached hydrogens (tertiary/aromatic N) is 2. The number of para-hydroxylation sites is 2.